The molecule has 2 aromatic carbocycles. The minimum atomic E-state index is -3.54. The summed E-state index contributed by atoms with van der Waals surface area (Å²) in [6.07, 6.45) is 10.2. The molecule has 9 heteroatoms. The van der Waals surface area contributed by atoms with Crippen molar-refractivity contribution in [3.05, 3.63) is 42.5 Å². The van der Waals surface area contributed by atoms with Crippen LogP contribution in [-0.4, -0.2) is 51.6 Å². The fourth-order valence-electron chi connectivity index (χ4n) is 7.09. The third-order valence-electron chi connectivity index (χ3n) is 9.43. The Morgan fingerprint density at radius 1 is 0.902 bits per heavy atom. The van der Waals surface area contributed by atoms with E-state index >= 15 is 0 Å². The summed E-state index contributed by atoms with van der Waals surface area (Å²) in [4.78, 5) is 30.9. The van der Waals surface area contributed by atoms with Crippen LogP contribution in [0.1, 0.15) is 78.1 Å². The monoisotopic (exact) mass is 579 g/mol. The highest BCUT2D eigenvalue weighted by molar-refractivity contribution is 7.89. The lowest BCUT2D eigenvalue weighted by Gasteiger charge is -2.43. The van der Waals surface area contributed by atoms with Crippen molar-refractivity contribution >= 4 is 33.2 Å². The zero-order valence-electron chi connectivity index (χ0n) is 24.1. The number of nitrogens with one attached hydrogen (secondary N) is 1. The highest BCUT2D eigenvalue weighted by Crippen LogP contribution is 2.48. The molecule has 2 aromatic rings. The largest absolute Gasteiger partial charge is 0.368 e. The molecule has 8 nitrogen and oxygen atoms in total. The first kappa shape index (κ1) is 28.4. The Bertz CT molecular complexity index is 1410. The van der Waals surface area contributed by atoms with E-state index in [1.54, 1.807) is 36.1 Å². The standard InChI is InChI=1S/C32H41N3O5S/c1-22-21-34(31(37)30-32(18-19-40-30)16-6-4-3-5-7-17-32)29-20-25(10-15-28(29)35(22)23(2)36)24-8-13-27(14-9-24)41(38,39)33-26-11-12-26/h8-10,13-15,20,22,26,30,33H,3-7,11-12,16-19,21H2,1-2H3/t22-,30?/m0/s1. The minimum Gasteiger partial charge on any atom is -0.368 e. The molecule has 1 N–H and O–H groups in total. The molecular weight excluding hydrogens is 538 g/mol. The third-order valence-corrected chi connectivity index (χ3v) is 11.0. The molecule has 4 aliphatic rings. The normalized spacial score (nSPS) is 24.5. The van der Waals surface area contributed by atoms with Crippen LogP contribution >= 0.6 is 0 Å². The summed E-state index contributed by atoms with van der Waals surface area (Å²) in [6, 6.07) is 12.5. The van der Waals surface area contributed by atoms with Gasteiger partial charge in [0.05, 0.1) is 22.3 Å². The summed E-state index contributed by atoms with van der Waals surface area (Å²) in [6.45, 7) is 4.55. The lowest BCUT2D eigenvalue weighted by Crippen LogP contribution is -2.55. The van der Waals surface area contributed by atoms with E-state index in [2.05, 4.69) is 4.72 Å². The predicted molar refractivity (Wildman–Crippen MR) is 159 cm³/mol. The number of amides is 2. The zero-order valence-corrected chi connectivity index (χ0v) is 24.9. The topological polar surface area (TPSA) is 96.0 Å². The van der Waals surface area contributed by atoms with Gasteiger partial charge in [-0.3, -0.25) is 9.59 Å². The number of ether oxygens (including phenoxy) is 1. The molecule has 2 atom stereocenters. The molecule has 1 spiro atoms. The Hall–Kier alpha value is -2.75. The predicted octanol–water partition coefficient (Wildman–Crippen LogP) is 5.40. The first-order valence-corrected chi connectivity index (χ1v) is 16.7. The lowest BCUT2D eigenvalue weighted by molar-refractivity contribution is -0.133. The Morgan fingerprint density at radius 3 is 2.22 bits per heavy atom. The number of hydrogen-bond acceptors (Lipinski definition) is 5. The SMILES string of the molecule is CC(=O)N1c2ccc(-c3ccc(S(=O)(=O)NC4CC4)cc3)cc2N(C(=O)C2OCCC23CCCCCCC3)C[C@@H]1C. The maximum Gasteiger partial charge on any atom is 0.256 e. The summed E-state index contributed by atoms with van der Waals surface area (Å²) in [5.74, 6) is -0.0750. The van der Waals surface area contributed by atoms with E-state index in [4.69, 9.17) is 4.74 Å². The Labute approximate surface area is 243 Å². The number of benzene rings is 2. The van der Waals surface area contributed by atoms with E-state index < -0.39 is 16.1 Å². The molecular formula is C32H41N3O5S. The summed E-state index contributed by atoms with van der Waals surface area (Å²) in [5, 5.41) is 0. The molecule has 2 amide bonds. The van der Waals surface area contributed by atoms with Gasteiger partial charge in [0.2, 0.25) is 15.9 Å². The molecule has 2 heterocycles. The minimum absolute atomic E-state index is 0.0101. The van der Waals surface area contributed by atoms with Crippen molar-refractivity contribution in [1.29, 1.82) is 0 Å². The van der Waals surface area contributed by atoms with Crippen LogP contribution in [0.3, 0.4) is 0 Å². The average molecular weight is 580 g/mol. The number of hydrogen-bond donors (Lipinski definition) is 1. The van der Waals surface area contributed by atoms with Crippen LogP contribution in [-0.2, 0) is 24.3 Å². The van der Waals surface area contributed by atoms with Gasteiger partial charge < -0.3 is 14.5 Å². The van der Waals surface area contributed by atoms with Gasteiger partial charge in [-0.2, -0.15) is 0 Å². The van der Waals surface area contributed by atoms with Gasteiger partial charge in [-0.25, -0.2) is 13.1 Å². The molecule has 41 heavy (non-hydrogen) atoms. The van der Waals surface area contributed by atoms with Crippen LogP contribution in [0.4, 0.5) is 11.4 Å². The third kappa shape index (κ3) is 5.56. The van der Waals surface area contributed by atoms with Crippen molar-refractivity contribution < 1.29 is 22.7 Å². The van der Waals surface area contributed by atoms with Gasteiger partial charge >= 0.3 is 0 Å². The number of nitrogens with zero attached hydrogens (tertiary/aromatic N) is 2. The quantitative estimate of drug-likeness (QED) is 0.512. The maximum atomic E-state index is 14.4. The van der Waals surface area contributed by atoms with Gasteiger partial charge in [0.1, 0.15) is 6.10 Å². The van der Waals surface area contributed by atoms with Crippen LogP contribution in [0.15, 0.2) is 47.4 Å². The summed E-state index contributed by atoms with van der Waals surface area (Å²) < 4.78 is 34.3. The van der Waals surface area contributed by atoms with Gasteiger partial charge in [0, 0.05) is 31.5 Å². The Kier molecular flexibility index (Phi) is 7.72. The van der Waals surface area contributed by atoms with Crippen molar-refractivity contribution in [2.75, 3.05) is 23.0 Å². The summed E-state index contributed by atoms with van der Waals surface area (Å²) in [7, 11) is -3.54. The molecule has 2 aliphatic heterocycles. The first-order valence-electron chi connectivity index (χ1n) is 15.2. The van der Waals surface area contributed by atoms with Crippen molar-refractivity contribution in [2.45, 2.75) is 101 Å². The fourth-order valence-corrected chi connectivity index (χ4v) is 8.40. The highest BCUT2D eigenvalue weighted by atomic mass is 32.2. The number of carbonyl (C=O) groups excluding carboxylic acids is 2. The summed E-state index contributed by atoms with van der Waals surface area (Å²) >= 11 is 0. The van der Waals surface area contributed by atoms with E-state index in [0.29, 0.717) is 24.5 Å². The Balaban J connectivity index is 1.34. The number of fused-ring (bicyclic) bond motifs is 1. The molecule has 2 saturated carbocycles. The van der Waals surface area contributed by atoms with Crippen molar-refractivity contribution in [3.8, 4) is 11.1 Å². The Morgan fingerprint density at radius 2 is 1.56 bits per heavy atom. The van der Waals surface area contributed by atoms with Gasteiger partial charge in [0.15, 0.2) is 0 Å². The highest BCUT2D eigenvalue weighted by Gasteiger charge is 2.50. The number of rotatable bonds is 5. The molecule has 2 aliphatic carbocycles. The number of sulfonamides is 1. The van der Waals surface area contributed by atoms with E-state index in [1.807, 2.05) is 30.0 Å². The van der Waals surface area contributed by atoms with E-state index in [-0.39, 0.29) is 34.2 Å². The van der Waals surface area contributed by atoms with Crippen LogP contribution in [0, 0.1) is 5.41 Å². The van der Waals surface area contributed by atoms with Crippen LogP contribution in [0.5, 0.6) is 0 Å². The van der Waals surface area contributed by atoms with Gasteiger partial charge in [-0.05, 0) is 74.4 Å². The molecule has 3 fully saturated rings. The second-order valence-corrected chi connectivity index (χ2v) is 14.2. The smallest absolute Gasteiger partial charge is 0.256 e. The molecule has 0 bridgehead atoms. The molecule has 1 unspecified atom stereocenters. The second-order valence-electron chi connectivity index (χ2n) is 12.4. The molecule has 220 valence electrons. The molecule has 0 aromatic heterocycles. The second kappa shape index (κ2) is 11.2. The fraction of sp³-hybridized carbons (Fsp3) is 0.562. The van der Waals surface area contributed by atoms with E-state index in [9.17, 15) is 18.0 Å². The number of carbonyl (C=O) groups is 2. The van der Waals surface area contributed by atoms with Gasteiger partial charge in [-0.15, -0.1) is 0 Å². The number of anilines is 2. The lowest BCUT2D eigenvalue weighted by atomic mass is 9.71. The van der Waals surface area contributed by atoms with Gasteiger partial charge in [-0.1, -0.05) is 50.3 Å². The molecule has 0 radical (unpaired) electrons. The van der Waals surface area contributed by atoms with Crippen LogP contribution in [0.25, 0.3) is 11.1 Å². The van der Waals surface area contributed by atoms with Crippen molar-refractivity contribution in [3.63, 3.8) is 0 Å². The van der Waals surface area contributed by atoms with E-state index in [1.165, 1.54) is 19.3 Å². The average Bonchev–Trinajstić information content (AvgIpc) is 3.64. The van der Waals surface area contributed by atoms with Gasteiger partial charge in [0.25, 0.3) is 5.91 Å². The van der Waals surface area contributed by atoms with Crippen LogP contribution < -0.4 is 14.5 Å². The van der Waals surface area contributed by atoms with Crippen molar-refractivity contribution in [1.82, 2.24) is 4.72 Å². The maximum absolute atomic E-state index is 14.4. The molecule has 1 saturated heterocycles. The molecule has 6 rings (SSSR count). The zero-order chi connectivity index (χ0) is 28.8. The summed E-state index contributed by atoms with van der Waals surface area (Å²) in [5.41, 5.74) is 2.99. The van der Waals surface area contributed by atoms with E-state index in [0.717, 1.165) is 56.1 Å². The first-order chi connectivity index (χ1) is 19.7. The van der Waals surface area contributed by atoms with Crippen LogP contribution in [0.2, 0.25) is 0 Å². The van der Waals surface area contributed by atoms with Crippen molar-refractivity contribution in [2.24, 2.45) is 5.41 Å².